The van der Waals surface area contributed by atoms with Gasteiger partial charge in [0.2, 0.25) is 0 Å². The number of allylic oxidation sites excluding steroid dienone is 1. The van der Waals surface area contributed by atoms with Crippen LogP contribution in [0.25, 0.3) is 0 Å². The fourth-order valence-corrected chi connectivity index (χ4v) is 2.71. The zero-order valence-corrected chi connectivity index (χ0v) is 13.5. The van der Waals surface area contributed by atoms with Crippen molar-refractivity contribution in [2.24, 2.45) is 0 Å². The number of hydrogen-bond acceptors (Lipinski definition) is 5. The van der Waals surface area contributed by atoms with Crippen molar-refractivity contribution in [3.8, 4) is 0 Å². The Bertz CT molecular complexity index is 284. The molecular formula is C17H32O5. The molecule has 0 amide bonds. The molecule has 0 aliphatic carbocycles. The van der Waals surface area contributed by atoms with Crippen LogP contribution in [-0.4, -0.2) is 59.6 Å². The summed E-state index contributed by atoms with van der Waals surface area (Å²) in [5, 5.41) is 28.3. The Balaban J connectivity index is 1.96. The second-order valence-electron chi connectivity index (χ2n) is 6.00. The fraction of sp³-hybridized carbons (Fsp3) is 0.882. The summed E-state index contributed by atoms with van der Waals surface area (Å²) in [4.78, 5) is 0. The molecule has 0 aromatic rings. The smallest absolute Gasteiger partial charge is 0.114 e. The van der Waals surface area contributed by atoms with Gasteiger partial charge in [0.05, 0.1) is 13.2 Å². The average molecular weight is 316 g/mol. The Morgan fingerprint density at radius 2 is 1.77 bits per heavy atom. The molecule has 0 aromatic heterocycles. The molecule has 1 rings (SSSR count). The summed E-state index contributed by atoms with van der Waals surface area (Å²) in [5.41, 5.74) is 0. The Hall–Kier alpha value is -0.460. The third kappa shape index (κ3) is 7.20. The van der Waals surface area contributed by atoms with Gasteiger partial charge in [-0.05, 0) is 19.3 Å². The molecule has 0 bridgehead atoms. The maximum absolute atomic E-state index is 9.97. The van der Waals surface area contributed by atoms with Crippen molar-refractivity contribution in [2.75, 3.05) is 19.8 Å². The van der Waals surface area contributed by atoms with E-state index < -0.39 is 31.0 Å². The molecule has 1 aliphatic rings. The van der Waals surface area contributed by atoms with Crippen LogP contribution in [0.5, 0.6) is 0 Å². The van der Waals surface area contributed by atoms with Crippen molar-refractivity contribution in [3.63, 3.8) is 0 Å². The van der Waals surface area contributed by atoms with Crippen LogP contribution < -0.4 is 0 Å². The highest BCUT2D eigenvalue weighted by Gasteiger charge is 2.40. The van der Waals surface area contributed by atoms with Gasteiger partial charge in [0.25, 0.3) is 0 Å². The van der Waals surface area contributed by atoms with Crippen molar-refractivity contribution in [2.45, 2.75) is 75.8 Å². The van der Waals surface area contributed by atoms with E-state index in [2.05, 4.69) is 6.58 Å². The second kappa shape index (κ2) is 12.0. The van der Waals surface area contributed by atoms with Gasteiger partial charge in [0.1, 0.15) is 24.4 Å². The summed E-state index contributed by atoms with van der Waals surface area (Å²) in [6.45, 7) is 4.17. The fourth-order valence-electron chi connectivity index (χ4n) is 2.71. The normalized spacial score (nSPS) is 26.2. The third-order valence-electron chi connectivity index (χ3n) is 4.12. The lowest BCUT2D eigenvalue weighted by Gasteiger charge is -2.20. The molecule has 1 heterocycles. The van der Waals surface area contributed by atoms with Gasteiger partial charge in [0, 0.05) is 6.61 Å². The van der Waals surface area contributed by atoms with Gasteiger partial charge in [-0.1, -0.05) is 38.2 Å². The third-order valence-corrected chi connectivity index (χ3v) is 4.12. The zero-order valence-electron chi connectivity index (χ0n) is 13.5. The molecule has 0 aromatic carbocycles. The van der Waals surface area contributed by atoms with Crippen molar-refractivity contribution in [1.82, 2.24) is 0 Å². The van der Waals surface area contributed by atoms with Gasteiger partial charge in [-0.2, -0.15) is 0 Å². The molecule has 1 aliphatic heterocycles. The SMILES string of the molecule is C=CCCCCCCCCCO[C@@H]1CO[C@H]([C@@H](O)CO)[C@@H]1O. The molecule has 3 N–H and O–H groups in total. The highest BCUT2D eigenvalue weighted by atomic mass is 16.6. The average Bonchev–Trinajstić information content (AvgIpc) is 2.89. The number of unbranched alkanes of at least 4 members (excludes halogenated alkanes) is 7. The minimum Gasteiger partial charge on any atom is -0.394 e. The topological polar surface area (TPSA) is 79.2 Å². The summed E-state index contributed by atoms with van der Waals surface area (Å²) < 4.78 is 10.9. The van der Waals surface area contributed by atoms with Gasteiger partial charge in [0.15, 0.2) is 0 Å². The molecule has 0 unspecified atom stereocenters. The van der Waals surface area contributed by atoms with Crippen LogP contribution in [0.1, 0.15) is 51.4 Å². The lowest BCUT2D eigenvalue weighted by molar-refractivity contribution is -0.0730. The van der Waals surface area contributed by atoms with Gasteiger partial charge in [-0.25, -0.2) is 0 Å². The van der Waals surface area contributed by atoms with Crippen LogP contribution in [0.15, 0.2) is 12.7 Å². The summed E-state index contributed by atoms with van der Waals surface area (Å²) in [5.74, 6) is 0. The van der Waals surface area contributed by atoms with E-state index in [0.717, 1.165) is 19.3 Å². The van der Waals surface area contributed by atoms with E-state index in [4.69, 9.17) is 14.6 Å². The number of rotatable bonds is 13. The Morgan fingerprint density at radius 1 is 1.14 bits per heavy atom. The van der Waals surface area contributed by atoms with Gasteiger partial charge in [-0.3, -0.25) is 0 Å². The monoisotopic (exact) mass is 316 g/mol. The molecule has 4 atom stereocenters. The number of ether oxygens (including phenoxy) is 2. The predicted molar refractivity (Wildman–Crippen MR) is 85.7 cm³/mol. The molecule has 0 saturated carbocycles. The van der Waals surface area contributed by atoms with Crippen LogP contribution in [0.2, 0.25) is 0 Å². The highest BCUT2D eigenvalue weighted by Crippen LogP contribution is 2.20. The van der Waals surface area contributed by atoms with E-state index in [0.29, 0.717) is 6.61 Å². The first-order valence-corrected chi connectivity index (χ1v) is 8.51. The quantitative estimate of drug-likeness (QED) is 0.357. The number of aliphatic hydroxyl groups is 3. The number of aliphatic hydroxyl groups excluding tert-OH is 3. The largest absolute Gasteiger partial charge is 0.394 e. The summed E-state index contributed by atoms with van der Waals surface area (Å²) in [6.07, 6.45) is 8.42. The van der Waals surface area contributed by atoms with Crippen molar-refractivity contribution in [3.05, 3.63) is 12.7 Å². The Labute approximate surface area is 133 Å². The summed E-state index contributed by atoms with van der Waals surface area (Å²) in [7, 11) is 0. The lowest BCUT2D eigenvalue weighted by atomic mass is 10.1. The Kier molecular flexibility index (Phi) is 10.7. The molecule has 22 heavy (non-hydrogen) atoms. The zero-order chi connectivity index (χ0) is 16.2. The van der Waals surface area contributed by atoms with Crippen LogP contribution >= 0.6 is 0 Å². The highest BCUT2D eigenvalue weighted by molar-refractivity contribution is 4.88. The Morgan fingerprint density at radius 3 is 2.41 bits per heavy atom. The van der Waals surface area contributed by atoms with Gasteiger partial charge < -0.3 is 24.8 Å². The van der Waals surface area contributed by atoms with E-state index in [1.165, 1.54) is 32.1 Å². The first-order chi connectivity index (χ1) is 10.7. The van der Waals surface area contributed by atoms with Crippen LogP contribution in [0.4, 0.5) is 0 Å². The van der Waals surface area contributed by atoms with E-state index in [1.807, 2.05) is 6.08 Å². The molecule has 5 nitrogen and oxygen atoms in total. The maximum atomic E-state index is 9.97. The maximum Gasteiger partial charge on any atom is 0.114 e. The molecule has 1 saturated heterocycles. The van der Waals surface area contributed by atoms with Crippen molar-refractivity contribution >= 4 is 0 Å². The van der Waals surface area contributed by atoms with Crippen LogP contribution in [0, 0.1) is 0 Å². The van der Waals surface area contributed by atoms with E-state index in [-0.39, 0.29) is 6.61 Å². The molecule has 5 heteroatoms. The molecule has 0 radical (unpaired) electrons. The second-order valence-corrected chi connectivity index (χ2v) is 6.00. The first-order valence-electron chi connectivity index (χ1n) is 8.51. The summed E-state index contributed by atoms with van der Waals surface area (Å²) in [6, 6.07) is 0. The van der Waals surface area contributed by atoms with Crippen LogP contribution in [0.3, 0.4) is 0 Å². The molecule has 1 fully saturated rings. The minimum absolute atomic E-state index is 0.270. The first kappa shape index (κ1) is 19.6. The molecule has 130 valence electrons. The summed E-state index contributed by atoms with van der Waals surface area (Å²) >= 11 is 0. The van der Waals surface area contributed by atoms with Crippen LogP contribution in [-0.2, 0) is 9.47 Å². The molecular weight excluding hydrogens is 284 g/mol. The minimum atomic E-state index is -1.05. The standard InChI is InChI=1S/C17H32O5/c1-2-3-4-5-6-7-8-9-10-11-21-15-13-22-17(16(15)20)14(19)12-18/h2,14-20H,1,3-13H2/t14-,15+,16+,17+/m0/s1. The molecule has 0 spiro atoms. The van der Waals surface area contributed by atoms with Gasteiger partial charge in [-0.15, -0.1) is 6.58 Å². The van der Waals surface area contributed by atoms with Crippen molar-refractivity contribution < 1.29 is 24.8 Å². The van der Waals surface area contributed by atoms with E-state index in [1.54, 1.807) is 0 Å². The van der Waals surface area contributed by atoms with Crippen molar-refractivity contribution in [1.29, 1.82) is 0 Å². The number of hydrogen-bond donors (Lipinski definition) is 3. The van der Waals surface area contributed by atoms with Gasteiger partial charge >= 0.3 is 0 Å². The van der Waals surface area contributed by atoms with E-state index in [9.17, 15) is 10.2 Å². The van der Waals surface area contributed by atoms with E-state index >= 15 is 0 Å². The lowest BCUT2D eigenvalue weighted by Crippen LogP contribution is -2.41. The predicted octanol–water partition coefficient (Wildman–Crippen LogP) is 1.79.